The molecule has 8 heteroatoms. The molecule has 0 saturated heterocycles. The number of amides is 1. The van der Waals surface area contributed by atoms with E-state index >= 15 is 0 Å². The van der Waals surface area contributed by atoms with Crippen LogP contribution >= 0.6 is 22.9 Å². The molecule has 0 aliphatic heterocycles. The summed E-state index contributed by atoms with van der Waals surface area (Å²) in [7, 11) is 0. The number of halogens is 1. The van der Waals surface area contributed by atoms with Crippen LogP contribution in [-0.4, -0.2) is 34.1 Å². The minimum absolute atomic E-state index is 0.0692. The normalized spacial score (nSPS) is 10.8. The highest BCUT2D eigenvalue weighted by atomic mass is 35.5. The summed E-state index contributed by atoms with van der Waals surface area (Å²) < 4.78 is 10.9. The van der Waals surface area contributed by atoms with Crippen molar-refractivity contribution >= 4 is 28.8 Å². The number of thiophene rings is 1. The third-order valence-electron chi connectivity index (χ3n) is 4.04. The molecule has 2 aromatic heterocycles. The molecule has 0 saturated carbocycles. The lowest BCUT2D eigenvalue weighted by atomic mass is 10.1. The lowest BCUT2D eigenvalue weighted by Crippen LogP contribution is -2.34. The fraction of sp³-hybridized carbons (Fsp3) is 0.316. The second-order valence-corrected chi connectivity index (χ2v) is 7.38. The number of benzene rings is 1. The van der Waals surface area contributed by atoms with E-state index in [1.807, 2.05) is 50.4 Å². The smallest absolute Gasteiger partial charge is 0.260 e. The van der Waals surface area contributed by atoms with Gasteiger partial charge in [0.15, 0.2) is 6.61 Å². The van der Waals surface area contributed by atoms with Gasteiger partial charge in [-0.05, 0) is 55.5 Å². The van der Waals surface area contributed by atoms with Crippen LogP contribution in [-0.2, 0) is 11.3 Å². The molecule has 6 nitrogen and oxygen atoms in total. The Morgan fingerprint density at radius 3 is 2.70 bits per heavy atom. The highest BCUT2D eigenvalue weighted by Gasteiger charge is 2.18. The van der Waals surface area contributed by atoms with Crippen molar-refractivity contribution in [3.8, 4) is 16.5 Å². The van der Waals surface area contributed by atoms with Crippen molar-refractivity contribution in [2.75, 3.05) is 13.2 Å². The first-order chi connectivity index (χ1) is 13.0. The van der Waals surface area contributed by atoms with Gasteiger partial charge in [0.2, 0.25) is 11.7 Å². The van der Waals surface area contributed by atoms with Crippen molar-refractivity contribution in [2.24, 2.45) is 0 Å². The topological polar surface area (TPSA) is 68.5 Å². The zero-order chi connectivity index (χ0) is 19.4. The molecular weight excluding hydrogens is 386 g/mol. The Morgan fingerprint density at radius 2 is 2.07 bits per heavy atom. The van der Waals surface area contributed by atoms with Crippen LogP contribution in [0.15, 0.2) is 34.2 Å². The van der Waals surface area contributed by atoms with E-state index in [4.69, 9.17) is 20.9 Å². The van der Waals surface area contributed by atoms with Crippen LogP contribution in [0.5, 0.6) is 5.75 Å². The number of rotatable bonds is 7. The zero-order valence-electron chi connectivity index (χ0n) is 15.4. The first kappa shape index (κ1) is 19.4. The molecule has 0 N–H and O–H groups in total. The number of aryl methyl sites for hydroxylation is 2. The maximum Gasteiger partial charge on any atom is 0.260 e. The van der Waals surface area contributed by atoms with Gasteiger partial charge in [0, 0.05) is 11.6 Å². The van der Waals surface area contributed by atoms with Crippen molar-refractivity contribution in [1.29, 1.82) is 0 Å². The van der Waals surface area contributed by atoms with Gasteiger partial charge >= 0.3 is 0 Å². The molecule has 0 unspecified atom stereocenters. The molecular formula is C19H20ClN3O3S. The molecule has 0 aliphatic rings. The van der Waals surface area contributed by atoms with E-state index in [9.17, 15) is 4.79 Å². The molecule has 0 aliphatic carbocycles. The summed E-state index contributed by atoms with van der Waals surface area (Å²) in [6.07, 6.45) is 0. The maximum absolute atomic E-state index is 12.5. The largest absolute Gasteiger partial charge is 0.484 e. The van der Waals surface area contributed by atoms with Gasteiger partial charge in [-0.3, -0.25) is 4.79 Å². The highest BCUT2D eigenvalue weighted by Crippen LogP contribution is 2.26. The van der Waals surface area contributed by atoms with E-state index in [1.54, 1.807) is 4.90 Å². The maximum atomic E-state index is 12.5. The fourth-order valence-electron chi connectivity index (χ4n) is 2.59. The summed E-state index contributed by atoms with van der Waals surface area (Å²) in [6.45, 7) is 6.39. The second-order valence-electron chi connectivity index (χ2n) is 6.06. The summed E-state index contributed by atoms with van der Waals surface area (Å²) in [6, 6.07) is 7.50. The van der Waals surface area contributed by atoms with Gasteiger partial charge in [-0.1, -0.05) is 22.8 Å². The van der Waals surface area contributed by atoms with Crippen LogP contribution in [0.3, 0.4) is 0 Å². The molecule has 0 atom stereocenters. The number of aromatic nitrogens is 2. The number of carbonyl (C=O) groups is 1. The van der Waals surface area contributed by atoms with Crippen molar-refractivity contribution < 1.29 is 14.1 Å². The van der Waals surface area contributed by atoms with Gasteiger partial charge in [0.1, 0.15) is 12.3 Å². The van der Waals surface area contributed by atoms with E-state index in [1.165, 1.54) is 11.3 Å². The summed E-state index contributed by atoms with van der Waals surface area (Å²) in [5.41, 5.74) is 1.83. The zero-order valence-corrected chi connectivity index (χ0v) is 16.9. The highest BCUT2D eigenvalue weighted by molar-refractivity contribution is 7.13. The number of carbonyl (C=O) groups excluding carboxylic acids is 1. The average Bonchev–Trinajstić information content (AvgIpc) is 3.33. The van der Waals surface area contributed by atoms with Gasteiger partial charge < -0.3 is 14.2 Å². The van der Waals surface area contributed by atoms with Gasteiger partial charge in [0.25, 0.3) is 5.91 Å². The molecule has 0 bridgehead atoms. The number of hydrogen-bond acceptors (Lipinski definition) is 6. The Morgan fingerprint density at radius 1 is 1.33 bits per heavy atom. The predicted octanol–water partition coefficient (Wildman–Crippen LogP) is 4.50. The minimum Gasteiger partial charge on any atom is -0.484 e. The molecule has 2 heterocycles. The summed E-state index contributed by atoms with van der Waals surface area (Å²) in [4.78, 5) is 19.4. The fourth-order valence-corrected chi connectivity index (χ4v) is 3.35. The summed E-state index contributed by atoms with van der Waals surface area (Å²) in [5.74, 6) is 1.40. The number of likely N-dealkylation sites (N-methyl/N-ethyl adjacent to an activating group) is 1. The molecule has 0 fully saturated rings. The van der Waals surface area contributed by atoms with Gasteiger partial charge in [-0.2, -0.15) is 4.98 Å². The Labute approximate surface area is 166 Å². The van der Waals surface area contributed by atoms with Gasteiger partial charge in [0.05, 0.1) is 4.88 Å². The first-order valence-corrected chi connectivity index (χ1v) is 9.77. The predicted molar refractivity (Wildman–Crippen MR) is 105 cm³/mol. The monoisotopic (exact) mass is 405 g/mol. The third-order valence-corrected chi connectivity index (χ3v) is 5.50. The number of nitrogens with zero attached hydrogens (tertiary/aromatic N) is 3. The Hall–Kier alpha value is -2.38. The van der Waals surface area contributed by atoms with Crippen LogP contribution in [0.2, 0.25) is 5.02 Å². The van der Waals surface area contributed by atoms with Crippen molar-refractivity contribution in [1.82, 2.24) is 15.0 Å². The van der Waals surface area contributed by atoms with Crippen molar-refractivity contribution in [3.05, 3.63) is 51.7 Å². The van der Waals surface area contributed by atoms with Crippen molar-refractivity contribution in [2.45, 2.75) is 27.3 Å². The van der Waals surface area contributed by atoms with E-state index in [0.29, 0.717) is 29.0 Å². The average molecular weight is 406 g/mol. The number of ether oxygens (including phenoxy) is 1. The van der Waals surface area contributed by atoms with E-state index in [-0.39, 0.29) is 19.1 Å². The molecule has 0 radical (unpaired) electrons. The molecule has 1 amide bonds. The SMILES string of the molecule is CCN(Cc1nc(-c2cccs2)no1)C(=O)COc1cc(C)c(Cl)c(C)c1. The molecule has 3 aromatic rings. The van der Waals surface area contributed by atoms with Crippen LogP contribution in [0.1, 0.15) is 23.9 Å². The Bertz CT molecular complexity index is 901. The van der Waals surface area contributed by atoms with Gasteiger partial charge in [-0.15, -0.1) is 11.3 Å². The Balaban J connectivity index is 1.61. The van der Waals surface area contributed by atoms with Crippen LogP contribution in [0, 0.1) is 13.8 Å². The van der Waals surface area contributed by atoms with E-state index in [0.717, 1.165) is 16.0 Å². The summed E-state index contributed by atoms with van der Waals surface area (Å²) >= 11 is 7.70. The number of hydrogen-bond donors (Lipinski definition) is 0. The summed E-state index contributed by atoms with van der Waals surface area (Å²) in [5, 5.41) is 6.63. The van der Waals surface area contributed by atoms with E-state index < -0.39 is 0 Å². The van der Waals surface area contributed by atoms with Crippen molar-refractivity contribution in [3.63, 3.8) is 0 Å². The van der Waals surface area contributed by atoms with Crippen LogP contribution in [0.25, 0.3) is 10.7 Å². The molecule has 1 aromatic carbocycles. The standard InChI is InChI=1S/C19H20ClN3O3S/c1-4-23(10-16-21-19(22-26-16)15-6-5-7-27-15)17(24)11-25-14-8-12(2)18(20)13(3)9-14/h5-9H,4,10-11H2,1-3H3. The molecule has 0 spiro atoms. The second kappa shape index (κ2) is 8.54. The van der Waals surface area contributed by atoms with Gasteiger partial charge in [-0.25, -0.2) is 0 Å². The third kappa shape index (κ3) is 4.67. The lowest BCUT2D eigenvalue weighted by Gasteiger charge is -2.19. The van der Waals surface area contributed by atoms with Crippen LogP contribution < -0.4 is 4.74 Å². The first-order valence-electron chi connectivity index (χ1n) is 8.51. The molecule has 3 rings (SSSR count). The molecule has 142 valence electrons. The lowest BCUT2D eigenvalue weighted by molar-refractivity contribution is -0.134. The molecule has 27 heavy (non-hydrogen) atoms. The Kier molecular flexibility index (Phi) is 6.13. The van der Waals surface area contributed by atoms with Crippen LogP contribution in [0.4, 0.5) is 0 Å². The van der Waals surface area contributed by atoms with E-state index in [2.05, 4.69) is 10.1 Å². The quantitative estimate of drug-likeness (QED) is 0.579. The minimum atomic E-state index is -0.154.